The highest BCUT2D eigenvalue weighted by molar-refractivity contribution is 5.96. The van der Waals surface area contributed by atoms with Crippen LogP contribution in [0.5, 0.6) is 0 Å². The molecule has 5 nitrogen and oxygen atoms in total. The standard InChI is InChI=1S/C17H28N4O/c1-4-21-11(3)15(10(2)20-21)17(22)19-16-12-6-5-7-13(16)9-14(18)8-12/h12-14,16H,4-9,18H2,1-3H3,(H,19,22). The number of carbonyl (C=O) groups is 1. The van der Waals surface area contributed by atoms with Crippen molar-refractivity contribution in [2.75, 3.05) is 0 Å². The van der Waals surface area contributed by atoms with Crippen LogP contribution in [-0.4, -0.2) is 27.8 Å². The maximum Gasteiger partial charge on any atom is 0.255 e. The molecule has 1 aromatic rings. The minimum Gasteiger partial charge on any atom is -0.349 e. The van der Waals surface area contributed by atoms with Gasteiger partial charge in [-0.25, -0.2) is 0 Å². The van der Waals surface area contributed by atoms with Crippen molar-refractivity contribution in [1.82, 2.24) is 15.1 Å². The lowest BCUT2D eigenvalue weighted by atomic mass is 9.67. The van der Waals surface area contributed by atoms with Crippen molar-refractivity contribution in [2.24, 2.45) is 17.6 Å². The summed E-state index contributed by atoms with van der Waals surface area (Å²) in [6.45, 7) is 6.75. The van der Waals surface area contributed by atoms with Crippen LogP contribution in [0.3, 0.4) is 0 Å². The van der Waals surface area contributed by atoms with E-state index in [2.05, 4.69) is 10.4 Å². The molecule has 0 aliphatic heterocycles. The van der Waals surface area contributed by atoms with Gasteiger partial charge in [-0.15, -0.1) is 0 Å². The molecular weight excluding hydrogens is 276 g/mol. The van der Waals surface area contributed by atoms with Crippen molar-refractivity contribution in [3.05, 3.63) is 17.0 Å². The average molecular weight is 304 g/mol. The summed E-state index contributed by atoms with van der Waals surface area (Å²) in [6.07, 6.45) is 5.77. The first kappa shape index (κ1) is 15.5. The van der Waals surface area contributed by atoms with E-state index in [9.17, 15) is 4.79 Å². The third-order valence-electron chi connectivity index (χ3n) is 5.58. The Morgan fingerprint density at radius 3 is 2.50 bits per heavy atom. The van der Waals surface area contributed by atoms with E-state index < -0.39 is 0 Å². The molecule has 2 aliphatic rings. The Bertz CT molecular complexity index is 551. The molecule has 3 rings (SSSR count). The molecule has 2 unspecified atom stereocenters. The van der Waals surface area contributed by atoms with Crippen molar-refractivity contribution >= 4 is 5.91 Å². The number of nitrogens with two attached hydrogens (primary N) is 1. The predicted octanol–water partition coefficient (Wildman–Crippen LogP) is 2.16. The molecule has 0 aromatic carbocycles. The molecule has 1 aromatic heterocycles. The maximum atomic E-state index is 12.8. The van der Waals surface area contributed by atoms with Crippen LogP contribution in [0.1, 0.15) is 60.8 Å². The highest BCUT2D eigenvalue weighted by Crippen LogP contribution is 2.39. The molecule has 0 saturated heterocycles. The van der Waals surface area contributed by atoms with Crippen molar-refractivity contribution in [1.29, 1.82) is 0 Å². The first-order chi connectivity index (χ1) is 10.5. The summed E-state index contributed by atoms with van der Waals surface area (Å²) in [7, 11) is 0. The molecule has 1 heterocycles. The lowest BCUT2D eigenvalue weighted by Gasteiger charge is -2.45. The second-order valence-electron chi connectivity index (χ2n) is 7.04. The summed E-state index contributed by atoms with van der Waals surface area (Å²) in [5.41, 5.74) is 8.73. The van der Waals surface area contributed by atoms with Gasteiger partial charge in [0.15, 0.2) is 0 Å². The Hall–Kier alpha value is -1.36. The number of hydrogen-bond donors (Lipinski definition) is 2. The molecule has 0 spiro atoms. The number of nitrogens with one attached hydrogen (secondary N) is 1. The van der Waals surface area contributed by atoms with Crippen molar-refractivity contribution in [2.45, 2.75) is 71.5 Å². The molecule has 2 fully saturated rings. The van der Waals surface area contributed by atoms with E-state index in [1.807, 2.05) is 25.5 Å². The molecule has 0 radical (unpaired) electrons. The number of amides is 1. The minimum absolute atomic E-state index is 0.0482. The second-order valence-corrected chi connectivity index (χ2v) is 7.04. The molecule has 2 aliphatic carbocycles. The van der Waals surface area contributed by atoms with E-state index in [-0.39, 0.29) is 5.91 Å². The van der Waals surface area contributed by atoms with Gasteiger partial charge in [0.1, 0.15) is 0 Å². The monoisotopic (exact) mass is 304 g/mol. The summed E-state index contributed by atoms with van der Waals surface area (Å²) in [4.78, 5) is 12.8. The quantitative estimate of drug-likeness (QED) is 0.898. The van der Waals surface area contributed by atoms with E-state index in [1.165, 1.54) is 19.3 Å². The van der Waals surface area contributed by atoms with Gasteiger partial charge in [0, 0.05) is 24.3 Å². The first-order valence-corrected chi connectivity index (χ1v) is 8.61. The SMILES string of the molecule is CCn1nc(C)c(C(=O)NC2C3CCCC2CC(N)C3)c1C. The van der Waals surface area contributed by atoms with E-state index in [0.29, 0.717) is 23.9 Å². The maximum absolute atomic E-state index is 12.8. The lowest BCUT2D eigenvalue weighted by molar-refractivity contribution is 0.0755. The van der Waals surface area contributed by atoms with Crippen molar-refractivity contribution < 1.29 is 4.79 Å². The Morgan fingerprint density at radius 2 is 1.95 bits per heavy atom. The number of aromatic nitrogens is 2. The fourth-order valence-electron chi connectivity index (χ4n) is 4.58. The summed E-state index contributed by atoms with van der Waals surface area (Å²) in [6, 6.07) is 0.611. The molecule has 122 valence electrons. The second kappa shape index (κ2) is 6.03. The van der Waals surface area contributed by atoms with Gasteiger partial charge in [-0.3, -0.25) is 9.48 Å². The van der Waals surface area contributed by atoms with Crippen LogP contribution in [0.25, 0.3) is 0 Å². The Balaban J connectivity index is 1.78. The normalized spacial score (nSPS) is 31.1. The zero-order chi connectivity index (χ0) is 15.9. The Labute approximate surface area is 132 Å². The Kier molecular flexibility index (Phi) is 4.26. The zero-order valence-electron chi connectivity index (χ0n) is 13.9. The summed E-state index contributed by atoms with van der Waals surface area (Å²) >= 11 is 0. The fourth-order valence-corrected chi connectivity index (χ4v) is 4.58. The van der Waals surface area contributed by atoms with E-state index in [1.54, 1.807) is 0 Å². The van der Waals surface area contributed by atoms with Crippen LogP contribution in [0.15, 0.2) is 0 Å². The first-order valence-electron chi connectivity index (χ1n) is 8.61. The van der Waals surface area contributed by atoms with Crippen LogP contribution in [0, 0.1) is 25.7 Å². The number of aryl methyl sites for hydroxylation is 2. The van der Waals surface area contributed by atoms with Crippen LogP contribution in [0.2, 0.25) is 0 Å². The number of carbonyl (C=O) groups excluding carboxylic acids is 1. The lowest BCUT2D eigenvalue weighted by Crippen LogP contribution is -2.53. The Morgan fingerprint density at radius 1 is 1.32 bits per heavy atom. The third kappa shape index (κ3) is 2.67. The number of rotatable bonds is 3. The molecule has 3 N–H and O–H groups in total. The molecular formula is C17H28N4O. The topological polar surface area (TPSA) is 72.9 Å². The van der Waals surface area contributed by atoms with Crippen molar-refractivity contribution in [3.63, 3.8) is 0 Å². The van der Waals surface area contributed by atoms with Gasteiger partial charge in [0.2, 0.25) is 0 Å². The van der Waals surface area contributed by atoms with Crippen LogP contribution < -0.4 is 11.1 Å². The predicted molar refractivity (Wildman–Crippen MR) is 86.7 cm³/mol. The van der Waals surface area contributed by atoms with Crippen molar-refractivity contribution in [3.8, 4) is 0 Å². The largest absolute Gasteiger partial charge is 0.349 e. The number of hydrogen-bond acceptors (Lipinski definition) is 3. The summed E-state index contributed by atoms with van der Waals surface area (Å²) in [5.74, 6) is 1.15. The number of nitrogens with zero attached hydrogens (tertiary/aromatic N) is 2. The minimum atomic E-state index is 0.0482. The highest BCUT2D eigenvalue weighted by Gasteiger charge is 2.40. The van der Waals surface area contributed by atoms with E-state index in [0.717, 1.165) is 36.3 Å². The van der Waals surface area contributed by atoms with Gasteiger partial charge in [-0.1, -0.05) is 6.42 Å². The molecule has 1 amide bonds. The van der Waals surface area contributed by atoms with E-state index >= 15 is 0 Å². The van der Waals surface area contributed by atoms with Gasteiger partial charge in [0.25, 0.3) is 5.91 Å². The molecule has 22 heavy (non-hydrogen) atoms. The molecule has 2 atom stereocenters. The zero-order valence-corrected chi connectivity index (χ0v) is 13.9. The van der Waals surface area contributed by atoms with E-state index in [4.69, 9.17) is 5.73 Å². The molecule has 2 bridgehead atoms. The summed E-state index contributed by atoms with van der Waals surface area (Å²) in [5, 5.41) is 7.79. The summed E-state index contributed by atoms with van der Waals surface area (Å²) < 4.78 is 1.90. The number of fused-ring (bicyclic) bond motifs is 2. The van der Waals surface area contributed by atoms with Crippen LogP contribution in [-0.2, 0) is 6.54 Å². The van der Waals surface area contributed by atoms with Gasteiger partial charge in [-0.05, 0) is 58.3 Å². The van der Waals surface area contributed by atoms with Gasteiger partial charge >= 0.3 is 0 Å². The average Bonchev–Trinajstić information content (AvgIpc) is 2.74. The van der Waals surface area contributed by atoms with Crippen LogP contribution in [0.4, 0.5) is 0 Å². The van der Waals surface area contributed by atoms with Gasteiger partial charge < -0.3 is 11.1 Å². The fraction of sp³-hybridized carbons (Fsp3) is 0.765. The van der Waals surface area contributed by atoms with Gasteiger partial charge in [0.05, 0.1) is 11.3 Å². The molecule has 5 heteroatoms. The third-order valence-corrected chi connectivity index (χ3v) is 5.58. The molecule has 2 saturated carbocycles. The van der Waals surface area contributed by atoms with Crippen LogP contribution >= 0.6 is 0 Å². The highest BCUT2D eigenvalue weighted by atomic mass is 16.1. The van der Waals surface area contributed by atoms with Gasteiger partial charge in [-0.2, -0.15) is 5.10 Å². The smallest absolute Gasteiger partial charge is 0.255 e.